The van der Waals surface area contributed by atoms with Crippen LogP contribution in [-0.2, 0) is 19.3 Å². The van der Waals surface area contributed by atoms with E-state index < -0.39 is 9.84 Å². The van der Waals surface area contributed by atoms with Gasteiger partial charge in [0.05, 0.1) is 31.6 Å². The van der Waals surface area contributed by atoms with Gasteiger partial charge in [0.25, 0.3) is 0 Å². The Morgan fingerprint density at radius 2 is 1.95 bits per heavy atom. The molecule has 2 atom stereocenters. The fourth-order valence-corrected chi connectivity index (χ4v) is 5.79. The average Bonchev–Trinajstić information content (AvgIpc) is 3.44. The van der Waals surface area contributed by atoms with Gasteiger partial charge in [-0.1, -0.05) is 0 Å². The van der Waals surface area contributed by atoms with Crippen LogP contribution in [0.1, 0.15) is 25.5 Å². The van der Waals surface area contributed by atoms with Gasteiger partial charge in [-0.3, -0.25) is 0 Å². The number of aliphatic hydroxyl groups excluding tert-OH is 1. The fourth-order valence-electron chi connectivity index (χ4n) is 4.14. The van der Waals surface area contributed by atoms with Crippen LogP contribution in [0.5, 0.6) is 11.5 Å². The molecular formula is C26H31N3O7S. The standard InChI is InChI=1S/C26H31N3O7S/c1-16(15-33-2)34-19-9-17(23-6-7-24(29-23)26-28-13-21(14-30)36-26)10-20(11-19)35-18-3-8-25(27-12-18)37(31,32)22-4-5-22/h3,6-11,16,21-22,27,29-30H,4-5,12-15H2,1-2H3/t16-,21+/m0/s1. The second kappa shape index (κ2) is 10.6. The second-order valence-electron chi connectivity index (χ2n) is 9.29. The summed E-state index contributed by atoms with van der Waals surface area (Å²) in [4.78, 5) is 7.67. The van der Waals surface area contributed by atoms with E-state index >= 15 is 0 Å². The van der Waals surface area contributed by atoms with E-state index in [-0.39, 0.29) is 35.6 Å². The number of rotatable bonds is 11. The number of ether oxygens (including phenoxy) is 4. The van der Waals surface area contributed by atoms with Crippen LogP contribution in [0.3, 0.4) is 0 Å². The van der Waals surface area contributed by atoms with Gasteiger partial charge in [0, 0.05) is 24.4 Å². The molecule has 1 aromatic heterocycles. The lowest BCUT2D eigenvalue weighted by Crippen LogP contribution is -2.28. The van der Waals surface area contributed by atoms with Crippen molar-refractivity contribution in [2.75, 3.05) is 33.4 Å². The van der Waals surface area contributed by atoms with Gasteiger partial charge >= 0.3 is 0 Å². The van der Waals surface area contributed by atoms with Crippen LogP contribution in [0, 0.1) is 0 Å². The molecule has 11 heteroatoms. The normalized spacial score (nSPS) is 20.3. The molecule has 37 heavy (non-hydrogen) atoms. The maximum absolute atomic E-state index is 12.5. The molecule has 3 aliphatic rings. The number of aliphatic imine (C=N–C) groups is 1. The lowest BCUT2D eigenvalue weighted by atomic mass is 10.1. The number of hydrogen-bond donors (Lipinski definition) is 3. The maximum Gasteiger partial charge on any atom is 0.233 e. The van der Waals surface area contributed by atoms with Crippen molar-refractivity contribution in [3.05, 3.63) is 59.0 Å². The number of aliphatic hydroxyl groups is 1. The van der Waals surface area contributed by atoms with Crippen molar-refractivity contribution in [2.45, 2.75) is 37.2 Å². The van der Waals surface area contributed by atoms with Crippen molar-refractivity contribution >= 4 is 15.7 Å². The van der Waals surface area contributed by atoms with E-state index in [1.165, 1.54) is 0 Å². The Balaban J connectivity index is 1.39. The highest BCUT2D eigenvalue weighted by atomic mass is 32.2. The number of aromatic amines is 1. The summed E-state index contributed by atoms with van der Waals surface area (Å²) in [6.45, 7) is 2.92. The van der Waals surface area contributed by atoms with Gasteiger partial charge < -0.3 is 34.4 Å². The van der Waals surface area contributed by atoms with Crippen LogP contribution in [0.25, 0.3) is 11.3 Å². The molecule has 0 unspecified atom stereocenters. The Morgan fingerprint density at radius 3 is 2.62 bits per heavy atom. The van der Waals surface area contributed by atoms with Crippen molar-refractivity contribution in [1.29, 1.82) is 0 Å². The first kappa shape index (κ1) is 25.4. The molecule has 5 rings (SSSR count). The molecule has 2 aromatic rings. The SMILES string of the molecule is COC[C@H](C)Oc1cc(OC2=CC=C(S(=O)(=O)C3CC3)NC2)cc(-c2ccc(C3=NC[C@H](CO)O3)[nH]2)c1. The van der Waals surface area contributed by atoms with Gasteiger partial charge in [-0.15, -0.1) is 0 Å². The third-order valence-electron chi connectivity index (χ3n) is 6.14. The summed E-state index contributed by atoms with van der Waals surface area (Å²) in [6, 6.07) is 9.34. The lowest BCUT2D eigenvalue weighted by molar-refractivity contribution is 0.0919. The molecule has 0 spiro atoms. The molecule has 198 valence electrons. The number of benzene rings is 1. The molecule has 0 bridgehead atoms. The summed E-state index contributed by atoms with van der Waals surface area (Å²) in [7, 11) is -1.66. The third-order valence-corrected chi connectivity index (χ3v) is 8.39. The van der Waals surface area contributed by atoms with E-state index in [1.807, 2.05) is 31.2 Å². The molecule has 0 amide bonds. The minimum absolute atomic E-state index is 0.0891. The minimum atomic E-state index is -3.28. The minimum Gasteiger partial charge on any atom is -0.488 e. The van der Waals surface area contributed by atoms with Crippen LogP contribution in [0.4, 0.5) is 0 Å². The van der Waals surface area contributed by atoms with E-state index in [1.54, 1.807) is 25.3 Å². The van der Waals surface area contributed by atoms with Gasteiger partial charge in [-0.05, 0) is 56.2 Å². The predicted molar refractivity (Wildman–Crippen MR) is 138 cm³/mol. The molecule has 0 saturated heterocycles. The molecule has 3 heterocycles. The number of hydrogen-bond acceptors (Lipinski definition) is 9. The molecule has 1 aromatic carbocycles. The van der Waals surface area contributed by atoms with Gasteiger partial charge in [0.15, 0.2) is 9.84 Å². The summed E-state index contributed by atoms with van der Waals surface area (Å²) < 4.78 is 48.0. The Labute approximate surface area is 215 Å². The number of nitrogens with one attached hydrogen (secondary N) is 2. The van der Waals surface area contributed by atoms with Crippen LogP contribution >= 0.6 is 0 Å². The van der Waals surface area contributed by atoms with E-state index in [4.69, 9.17) is 18.9 Å². The highest BCUT2D eigenvalue weighted by molar-refractivity contribution is 7.96. The number of methoxy groups -OCH3 is 1. The molecule has 1 aliphatic carbocycles. The van der Waals surface area contributed by atoms with Crippen molar-refractivity contribution in [2.24, 2.45) is 4.99 Å². The van der Waals surface area contributed by atoms with Gasteiger partial charge in [0.1, 0.15) is 40.2 Å². The number of aromatic nitrogens is 1. The van der Waals surface area contributed by atoms with Crippen LogP contribution in [0.15, 0.2) is 58.3 Å². The first-order valence-corrected chi connectivity index (χ1v) is 13.8. The number of dihydropyridines is 1. The van der Waals surface area contributed by atoms with Crippen molar-refractivity contribution in [3.8, 4) is 22.8 Å². The molecule has 0 radical (unpaired) electrons. The monoisotopic (exact) mass is 529 g/mol. The Bertz CT molecular complexity index is 1340. The van der Waals surface area contributed by atoms with E-state index in [9.17, 15) is 13.5 Å². The molecule has 1 fully saturated rings. The summed E-state index contributed by atoms with van der Waals surface area (Å²) in [5, 5.41) is 12.3. The summed E-state index contributed by atoms with van der Waals surface area (Å²) in [5.74, 6) is 2.18. The Kier molecular flexibility index (Phi) is 7.27. The molecule has 3 N–H and O–H groups in total. The zero-order valence-electron chi connectivity index (χ0n) is 20.8. The van der Waals surface area contributed by atoms with Gasteiger partial charge in [-0.25, -0.2) is 13.4 Å². The summed E-state index contributed by atoms with van der Waals surface area (Å²) in [6.07, 6.45) is 4.17. The number of sulfone groups is 1. The van der Waals surface area contributed by atoms with Crippen molar-refractivity contribution in [1.82, 2.24) is 10.3 Å². The largest absolute Gasteiger partial charge is 0.488 e. The second-order valence-corrected chi connectivity index (χ2v) is 11.5. The highest BCUT2D eigenvalue weighted by Gasteiger charge is 2.38. The first-order chi connectivity index (χ1) is 17.9. The van der Waals surface area contributed by atoms with Gasteiger partial charge in [-0.2, -0.15) is 0 Å². The number of H-pyrrole nitrogens is 1. The Morgan fingerprint density at radius 1 is 1.16 bits per heavy atom. The van der Waals surface area contributed by atoms with E-state index in [0.29, 0.717) is 54.8 Å². The molecular weight excluding hydrogens is 498 g/mol. The fraction of sp³-hybridized carbons (Fsp3) is 0.423. The zero-order chi connectivity index (χ0) is 26.0. The van der Waals surface area contributed by atoms with E-state index in [0.717, 1.165) is 11.3 Å². The molecule has 2 aliphatic heterocycles. The lowest BCUT2D eigenvalue weighted by Gasteiger charge is -2.19. The van der Waals surface area contributed by atoms with Gasteiger partial charge in [0.2, 0.25) is 5.90 Å². The molecule has 10 nitrogen and oxygen atoms in total. The third kappa shape index (κ3) is 5.84. The number of nitrogens with zero attached hydrogens (tertiary/aromatic N) is 1. The van der Waals surface area contributed by atoms with Crippen molar-refractivity contribution in [3.63, 3.8) is 0 Å². The summed E-state index contributed by atoms with van der Waals surface area (Å²) >= 11 is 0. The van der Waals surface area contributed by atoms with Crippen LogP contribution in [-0.4, -0.2) is 75.3 Å². The first-order valence-electron chi connectivity index (χ1n) is 12.2. The zero-order valence-corrected chi connectivity index (χ0v) is 21.6. The smallest absolute Gasteiger partial charge is 0.233 e. The average molecular weight is 530 g/mol. The number of allylic oxidation sites excluding steroid dienone is 2. The maximum atomic E-state index is 12.5. The van der Waals surface area contributed by atoms with Crippen LogP contribution in [0.2, 0.25) is 0 Å². The Hall–Kier alpha value is -3.28. The topological polar surface area (TPSA) is 131 Å². The van der Waals surface area contributed by atoms with E-state index in [2.05, 4.69) is 15.3 Å². The quantitative estimate of drug-likeness (QED) is 0.405. The molecule has 1 saturated carbocycles. The van der Waals surface area contributed by atoms with Crippen LogP contribution < -0.4 is 14.8 Å². The summed E-state index contributed by atoms with van der Waals surface area (Å²) in [5.41, 5.74) is 2.33. The van der Waals surface area contributed by atoms with Crippen molar-refractivity contribution < 1.29 is 32.5 Å². The highest BCUT2D eigenvalue weighted by Crippen LogP contribution is 2.34. The predicted octanol–water partition coefficient (Wildman–Crippen LogP) is 2.52.